The molecule has 18 heavy (non-hydrogen) atoms. The van der Waals surface area contributed by atoms with Crippen LogP contribution in [0.4, 0.5) is 0 Å². The second kappa shape index (κ2) is 6.98. The van der Waals surface area contributed by atoms with Crippen molar-refractivity contribution in [3.05, 3.63) is 28.8 Å². The second-order valence-electron chi connectivity index (χ2n) is 4.60. The number of methoxy groups -OCH3 is 1. The van der Waals surface area contributed by atoms with Crippen molar-refractivity contribution in [1.82, 2.24) is 5.32 Å². The number of benzene rings is 1. The number of halogens is 1. The average Bonchev–Trinajstić information content (AvgIpc) is 3.18. The lowest BCUT2D eigenvalue weighted by Gasteiger charge is -2.12. The van der Waals surface area contributed by atoms with Crippen LogP contribution in [0.5, 0.6) is 5.75 Å². The third kappa shape index (κ3) is 4.48. The van der Waals surface area contributed by atoms with E-state index in [2.05, 4.69) is 5.32 Å². The summed E-state index contributed by atoms with van der Waals surface area (Å²) in [4.78, 5) is 0. The number of ether oxygens (including phenoxy) is 2. The molecule has 0 saturated heterocycles. The molecule has 0 heterocycles. The fraction of sp³-hybridized carbons (Fsp3) is 0.571. The second-order valence-corrected chi connectivity index (χ2v) is 5.04. The summed E-state index contributed by atoms with van der Waals surface area (Å²) in [6.45, 7) is 2.22. The van der Waals surface area contributed by atoms with Crippen molar-refractivity contribution in [3.63, 3.8) is 0 Å². The van der Waals surface area contributed by atoms with E-state index >= 15 is 0 Å². The van der Waals surface area contributed by atoms with Crippen molar-refractivity contribution in [2.24, 2.45) is 0 Å². The molecule has 100 valence electrons. The number of nitrogens with one attached hydrogen (secondary N) is 1. The maximum Gasteiger partial charge on any atom is 0.123 e. The SMILES string of the molecule is COCCCOc1ccc(Cl)cc1CNC1CC1. The summed E-state index contributed by atoms with van der Waals surface area (Å²) < 4.78 is 10.8. The maximum absolute atomic E-state index is 6.03. The van der Waals surface area contributed by atoms with Crippen LogP contribution in [-0.4, -0.2) is 26.4 Å². The van der Waals surface area contributed by atoms with Crippen LogP contribution >= 0.6 is 11.6 Å². The van der Waals surface area contributed by atoms with Crippen molar-refractivity contribution in [3.8, 4) is 5.75 Å². The molecule has 1 aliphatic rings. The molecule has 1 saturated carbocycles. The molecule has 4 heteroatoms. The van der Waals surface area contributed by atoms with E-state index in [9.17, 15) is 0 Å². The zero-order chi connectivity index (χ0) is 12.8. The summed E-state index contributed by atoms with van der Waals surface area (Å²) in [6.07, 6.45) is 3.46. The molecule has 1 N–H and O–H groups in total. The van der Waals surface area contributed by atoms with Gasteiger partial charge in [0.15, 0.2) is 0 Å². The van der Waals surface area contributed by atoms with Crippen LogP contribution in [0.1, 0.15) is 24.8 Å². The summed E-state index contributed by atoms with van der Waals surface area (Å²) in [7, 11) is 1.70. The summed E-state index contributed by atoms with van der Waals surface area (Å²) in [5.74, 6) is 0.920. The van der Waals surface area contributed by atoms with Crippen LogP contribution in [0.15, 0.2) is 18.2 Å². The largest absolute Gasteiger partial charge is 0.493 e. The predicted molar refractivity (Wildman–Crippen MR) is 73.3 cm³/mol. The van der Waals surface area contributed by atoms with Gasteiger partial charge in [0.2, 0.25) is 0 Å². The lowest BCUT2D eigenvalue weighted by atomic mass is 10.2. The van der Waals surface area contributed by atoms with E-state index in [4.69, 9.17) is 21.1 Å². The van der Waals surface area contributed by atoms with Gasteiger partial charge in [-0.25, -0.2) is 0 Å². The molecule has 1 aromatic carbocycles. The Morgan fingerprint density at radius 3 is 2.89 bits per heavy atom. The van der Waals surface area contributed by atoms with E-state index in [1.54, 1.807) is 7.11 Å². The van der Waals surface area contributed by atoms with Crippen molar-refractivity contribution >= 4 is 11.6 Å². The highest BCUT2D eigenvalue weighted by atomic mass is 35.5. The zero-order valence-electron chi connectivity index (χ0n) is 10.7. The minimum absolute atomic E-state index is 0.673. The van der Waals surface area contributed by atoms with E-state index in [1.165, 1.54) is 12.8 Å². The van der Waals surface area contributed by atoms with Crippen molar-refractivity contribution in [2.45, 2.75) is 31.8 Å². The topological polar surface area (TPSA) is 30.5 Å². The molecule has 0 aliphatic heterocycles. The highest BCUT2D eigenvalue weighted by Crippen LogP contribution is 2.25. The smallest absolute Gasteiger partial charge is 0.123 e. The van der Waals surface area contributed by atoms with Gasteiger partial charge in [-0.15, -0.1) is 0 Å². The van der Waals surface area contributed by atoms with Crippen LogP contribution in [0, 0.1) is 0 Å². The first-order valence-electron chi connectivity index (χ1n) is 6.43. The van der Waals surface area contributed by atoms with Crippen molar-refractivity contribution < 1.29 is 9.47 Å². The Morgan fingerprint density at radius 1 is 1.33 bits per heavy atom. The van der Waals surface area contributed by atoms with Gasteiger partial charge in [-0.1, -0.05) is 11.6 Å². The Balaban J connectivity index is 1.88. The quantitative estimate of drug-likeness (QED) is 0.736. The normalized spacial score (nSPS) is 14.8. The van der Waals surface area contributed by atoms with E-state index in [-0.39, 0.29) is 0 Å². The van der Waals surface area contributed by atoms with E-state index < -0.39 is 0 Å². The van der Waals surface area contributed by atoms with Gasteiger partial charge in [0, 0.05) is 43.3 Å². The molecule has 0 radical (unpaired) electrons. The first-order valence-corrected chi connectivity index (χ1v) is 6.81. The predicted octanol–water partition coefficient (Wildman–Crippen LogP) is 3.01. The Bertz CT molecular complexity index is 380. The van der Waals surface area contributed by atoms with Crippen LogP contribution in [0.2, 0.25) is 5.02 Å². The Hall–Kier alpha value is -0.770. The van der Waals surface area contributed by atoms with Crippen molar-refractivity contribution in [1.29, 1.82) is 0 Å². The van der Waals surface area contributed by atoms with Crippen LogP contribution < -0.4 is 10.1 Å². The molecule has 2 rings (SSSR count). The lowest BCUT2D eigenvalue weighted by Crippen LogP contribution is -2.16. The Kier molecular flexibility index (Phi) is 5.29. The number of hydrogen-bond acceptors (Lipinski definition) is 3. The summed E-state index contributed by atoms with van der Waals surface area (Å²) in [5, 5.41) is 4.24. The number of hydrogen-bond donors (Lipinski definition) is 1. The van der Waals surface area contributed by atoms with Crippen LogP contribution in [0.3, 0.4) is 0 Å². The Morgan fingerprint density at radius 2 is 2.17 bits per heavy atom. The molecule has 0 unspecified atom stereocenters. The highest BCUT2D eigenvalue weighted by molar-refractivity contribution is 6.30. The fourth-order valence-corrected chi connectivity index (χ4v) is 1.95. The molecule has 0 spiro atoms. The third-order valence-corrected chi connectivity index (χ3v) is 3.17. The van der Waals surface area contributed by atoms with E-state index in [0.717, 1.165) is 35.9 Å². The summed E-state index contributed by atoms with van der Waals surface area (Å²) >= 11 is 6.03. The van der Waals surface area contributed by atoms with Crippen LogP contribution in [-0.2, 0) is 11.3 Å². The molecule has 0 bridgehead atoms. The fourth-order valence-electron chi connectivity index (χ4n) is 1.75. The monoisotopic (exact) mass is 269 g/mol. The Labute approximate surface area is 113 Å². The number of rotatable bonds is 8. The van der Waals surface area contributed by atoms with Gasteiger partial charge in [0.25, 0.3) is 0 Å². The van der Waals surface area contributed by atoms with Crippen LogP contribution in [0.25, 0.3) is 0 Å². The van der Waals surface area contributed by atoms with Gasteiger partial charge in [0.05, 0.1) is 6.61 Å². The standard InChI is InChI=1S/C14H20ClNO2/c1-17-7-2-8-18-14-6-3-12(15)9-11(14)10-16-13-4-5-13/h3,6,9,13,16H,2,4-5,7-8,10H2,1H3. The molecule has 1 aliphatic carbocycles. The molecule has 3 nitrogen and oxygen atoms in total. The minimum Gasteiger partial charge on any atom is -0.493 e. The van der Waals surface area contributed by atoms with Crippen molar-refractivity contribution in [2.75, 3.05) is 20.3 Å². The molecule has 0 atom stereocenters. The first-order chi connectivity index (χ1) is 8.79. The van der Waals surface area contributed by atoms with Gasteiger partial charge in [-0.05, 0) is 31.0 Å². The van der Waals surface area contributed by atoms with Gasteiger partial charge in [-0.3, -0.25) is 0 Å². The molecular formula is C14H20ClNO2. The van der Waals surface area contributed by atoms with Gasteiger partial charge < -0.3 is 14.8 Å². The molecule has 0 amide bonds. The molecule has 1 fully saturated rings. The zero-order valence-corrected chi connectivity index (χ0v) is 11.5. The minimum atomic E-state index is 0.673. The van der Waals surface area contributed by atoms with Gasteiger partial charge >= 0.3 is 0 Å². The average molecular weight is 270 g/mol. The first kappa shape index (κ1) is 13.7. The van der Waals surface area contributed by atoms with E-state index in [1.807, 2.05) is 18.2 Å². The highest BCUT2D eigenvalue weighted by Gasteiger charge is 2.20. The summed E-state index contributed by atoms with van der Waals surface area (Å²) in [6, 6.07) is 6.47. The molecule has 0 aromatic heterocycles. The summed E-state index contributed by atoms with van der Waals surface area (Å²) in [5.41, 5.74) is 1.13. The van der Waals surface area contributed by atoms with Gasteiger partial charge in [-0.2, -0.15) is 0 Å². The molecule has 1 aromatic rings. The van der Waals surface area contributed by atoms with E-state index in [0.29, 0.717) is 12.6 Å². The molecular weight excluding hydrogens is 250 g/mol. The van der Waals surface area contributed by atoms with Gasteiger partial charge in [0.1, 0.15) is 5.75 Å². The lowest BCUT2D eigenvalue weighted by molar-refractivity contribution is 0.171. The third-order valence-electron chi connectivity index (χ3n) is 2.93. The maximum atomic E-state index is 6.03.